The molecule has 0 saturated heterocycles. The number of benzene rings is 1. The zero-order valence-electron chi connectivity index (χ0n) is 10.6. The molecule has 0 aliphatic heterocycles. The monoisotopic (exact) mass is 244 g/mol. The van der Waals surface area contributed by atoms with E-state index in [0.29, 0.717) is 0 Å². The number of rotatable bonds is 2. The number of fused-ring (bicyclic) bond motifs is 1. The maximum Gasteiger partial charge on any atom is 0.240 e. The third kappa shape index (κ3) is 1.93. The zero-order chi connectivity index (χ0) is 12.6. The topological polar surface area (TPSA) is 55.1 Å². The summed E-state index contributed by atoms with van der Waals surface area (Å²) < 4.78 is 0. The van der Waals surface area contributed by atoms with Crippen LogP contribution in [0.3, 0.4) is 0 Å². The van der Waals surface area contributed by atoms with Crippen LogP contribution in [0.15, 0.2) is 24.3 Å². The fraction of sp³-hybridized carbons (Fsp3) is 0.533. The van der Waals surface area contributed by atoms with Crippen molar-refractivity contribution in [2.45, 2.75) is 50.1 Å². The maximum atomic E-state index is 12.3. The Morgan fingerprint density at radius 1 is 1.28 bits per heavy atom. The fourth-order valence-corrected chi connectivity index (χ4v) is 3.24. The van der Waals surface area contributed by atoms with Gasteiger partial charge in [-0.05, 0) is 36.8 Å². The van der Waals surface area contributed by atoms with Crippen molar-refractivity contribution < 1.29 is 4.79 Å². The quantitative estimate of drug-likeness (QED) is 0.836. The smallest absolute Gasteiger partial charge is 0.240 e. The average molecular weight is 244 g/mol. The molecule has 0 radical (unpaired) electrons. The molecule has 0 spiro atoms. The van der Waals surface area contributed by atoms with E-state index >= 15 is 0 Å². The van der Waals surface area contributed by atoms with Crippen LogP contribution >= 0.6 is 0 Å². The van der Waals surface area contributed by atoms with Crippen LogP contribution in [0.2, 0.25) is 0 Å². The molecule has 0 bridgehead atoms. The van der Waals surface area contributed by atoms with Gasteiger partial charge in [-0.1, -0.05) is 37.1 Å². The number of aryl methyl sites for hydroxylation is 1. The van der Waals surface area contributed by atoms with E-state index in [1.165, 1.54) is 11.1 Å². The fourth-order valence-electron chi connectivity index (χ4n) is 3.24. The molecule has 0 aromatic heterocycles. The van der Waals surface area contributed by atoms with E-state index in [1.54, 1.807) is 0 Å². The van der Waals surface area contributed by atoms with Gasteiger partial charge < -0.3 is 11.1 Å². The number of nitrogens with one attached hydrogen (secondary N) is 1. The van der Waals surface area contributed by atoms with Crippen molar-refractivity contribution >= 4 is 5.91 Å². The highest BCUT2D eigenvalue weighted by Gasteiger charge is 2.38. The van der Waals surface area contributed by atoms with Crippen molar-refractivity contribution in [3.63, 3.8) is 0 Å². The molecule has 0 heterocycles. The van der Waals surface area contributed by atoms with E-state index in [-0.39, 0.29) is 11.9 Å². The predicted molar refractivity (Wildman–Crippen MR) is 71.0 cm³/mol. The van der Waals surface area contributed by atoms with Crippen molar-refractivity contribution in [1.29, 1.82) is 0 Å². The van der Waals surface area contributed by atoms with Crippen molar-refractivity contribution in [2.75, 3.05) is 0 Å². The SMILES string of the molecule is NC1(C(=O)NC2CCc3ccccc32)CCCC1. The predicted octanol–water partition coefficient (Wildman–Crippen LogP) is 2.06. The zero-order valence-corrected chi connectivity index (χ0v) is 10.6. The molecule has 3 heteroatoms. The standard InChI is InChI=1S/C15H20N2O/c16-15(9-3-4-10-15)14(18)17-13-8-7-11-5-1-2-6-12(11)13/h1-2,5-6,13H,3-4,7-10,16H2,(H,17,18). The Morgan fingerprint density at radius 2 is 2.00 bits per heavy atom. The van der Waals surface area contributed by atoms with Gasteiger partial charge in [0.25, 0.3) is 0 Å². The van der Waals surface area contributed by atoms with Crippen LogP contribution in [0.4, 0.5) is 0 Å². The molecule has 1 aromatic rings. The van der Waals surface area contributed by atoms with Crippen molar-refractivity contribution in [3.05, 3.63) is 35.4 Å². The molecule has 96 valence electrons. The normalized spacial score (nSPS) is 24.8. The minimum absolute atomic E-state index is 0.0432. The van der Waals surface area contributed by atoms with Gasteiger partial charge >= 0.3 is 0 Å². The number of hydrogen-bond acceptors (Lipinski definition) is 2. The highest BCUT2D eigenvalue weighted by Crippen LogP contribution is 2.33. The molecule has 2 aliphatic carbocycles. The maximum absolute atomic E-state index is 12.3. The lowest BCUT2D eigenvalue weighted by Gasteiger charge is -2.25. The minimum Gasteiger partial charge on any atom is -0.348 e. The van der Waals surface area contributed by atoms with Crippen LogP contribution in [0.1, 0.15) is 49.3 Å². The second kappa shape index (κ2) is 4.39. The van der Waals surface area contributed by atoms with Gasteiger partial charge in [-0.2, -0.15) is 0 Å². The van der Waals surface area contributed by atoms with E-state index in [9.17, 15) is 4.79 Å². The Balaban J connectivity index is 1.73. The summed E-state index contributed by atoms with van der Waals surface area (Å²) in [5, 5.41) is 3.15. The summed E-state index contributed by atoms with van der Waals surface area (Å²) in [5.41, 5.74) is 8.21. The van der Waals surface area contributed by atoms with Gasteiger partial charge in [0.1, 0.15) is 0 Å². The van der Waals surface area contributed by atoms with Crippen molar-refractivity contribution in [2.24, 2.45) is 5.73 Å². The van der Waals surface area contributed by atoms with E-state index in [4.69, 9.17) is 5.73 Å². The Bertz CT molecular complexity index is 463. The van der Waals surface area contributed by atoms with Crippen LogP contribution in [-0.4, -0.2) is 11.4 Å². The summed E-state index contributed by atoms with van der Waals surface area (Å²) in [6.45, 7) is 0. The number of carbonyl (C=O) groups excluding carboxylic acids is 1. The molecule has 1 saturated carbocycles. The summed E-state index contributed by atoms with van der Waals surface area (Å²) in [5.74, 6) is 0.0432. The van der Waals surface area contributed by atoms with E-state index in [2.05, 4.69) is 23.5 Å². The third-order valence-corrected chi connectivity index (χ3v) is 4.39. The molecular formula is C15H20N2O. The summed E-state index contributed by atoms with van der Waals surface area (Å²) in [4.78, 5) is 12.3. The first kappa shape index (κ1) is 11.7. The highest BCUT2D eigenvalue weighted by molar-refractivity contribution is 5.86. The molecule has 1 aromatic carbocycles. The lowest BCUT2D eigenvalue weighted by Crippen LogP contribution is -2.52. The van der Waals surface area contributed by atoms with E-state index in [1.807, 2.05) is 6.07 Å². The molecule has 1 unspecified atom stereocenters. The Labute approximate surface area is 108 Å². The summed E-state index contributed by atoms with van der Waals surface area (Å²) in [6.07, 6.45) is 5.86. The van der Waals surface area contributed by atoms with Gasteiger partial charge in [0.05, 0.1) is 11.6 Å². The van der Waals surface area contributed by atoms with Crippen molar-refractivity contribution in [1.82, 2.24) is 5.32 Å². The van der Waals surface area contributed by atoms with E-state index in [0.717, 1.165) is 38.5 Å². The van der Waals surface area contributed by atoms with Crippen LogP contribution < -0.4 is 11.1 Å². The molecule has 18 heavy (non-hydrogen) atoms. The highest BCUT2D eigenvalue weighted by atomic mass is 16.2. The average Bonchev–Trinajstić information content (AvgIpc) is 2.98. The Kier molecular flexibility index (Phi) is 2.86. The molecule has 1 amide bonds. The summed E-state index contributed by atoms with van der Waals surface area (Å²) >= 11 is 0. The first-order chi connectivity index (χ1) is 8.69. The number of carbonyl (C=O) groups is 1. The van der Waals surface area contributed by atoms with Crippen LogP contribution in [0.25, 0.3) is 0 Å². The molecule has 3 nitrogen and oxygen atoms in total. The van der Waals surface area contributed by atoms with Gasteiger partial charge in [-0.25, -0.2) is 0 Å². The van der Waals surface area contributed by atoms with Gasteiger partial charge in [0.15, 0.2) is 0 Å². The van der Waals surface area contributed by atoms with Gasteiger partial charge in [0.2, 0.25) is 5.91 Å². The van der Waals surface area contributed by atoms with Gasteiger partial charge in [-0.15, -0.1) is 0 Å². The van der Waals surface area contributed by atoms with Crippen LogP contribution in [-0.2, 0) is 11.2 Å². The first-order valence-corrected chi connectivity index (χ1v) is 6.87. The molecule has 3 N–H and O–H groups in total. The minimum atomic E-state index is -0.614. The van der Waals surface area contributed by atoms with Crippen LogP contribution in [0, 0.1) is 0 Å². The lowest BCUT2D eigenvalue weighted by molar-refractivity contribution is -0.126. The van der Waals surface area contributed by atoms with Gasteiger partial charge in [-0.3, -0.25) is 4.79 Å². The molecule has 2 aliphatic rings. The Hall–Kier alpha value is -1.35. The molecule has 1 atom stereocenters. The van der Waals surface area contributed by atoms with Gasteiger partial charge in [0, 0.05) is 0 Å². The summed E-state index contributed by atoms with van der Waals surface area (Å²) in [7, 11) is 0. The molecular weight excluding hydrogens is 224 g/mol. The molecule has 1 fully saturated rings. The number of amides is 1. The largest absolute Gasteiger partial charge is 0.348 e. The summed E-state index contributed by atoms with van der Waals surface area (Å²) in [6, 6.07) is 8.52. The first-order valence-electron chi connectivity index (χ1n) is 6.87. The second-order valence-electron chi connectivity index (χ2n) is 5.63. The molecule has 3 rings (SSSR count). The number of hydrogen-bond donors (Lipinski definition) is 2. The lowest BCUT2D eigenvalue weighted by atomic mass is 9.97. The second-order valence-corrected chi connectivity index (χ2v) is 5.63. The number of nitrogens with two attached hydrogens (primary N) is 1. The third-order valence-electron chi connectivity index (χ3n) is 4.39. The van der Waals surface area contributed by atoms with Crippen LogP contribution in [0.5, 0.6) is 0 Å². The Morgan fingerprint density at radius 3 is 2.78 bits per heavy atom. The van der Waals surface area contributed by atoms with E-state index < -0.39 is 5.54 Å². The van der Waals surface area contributed by atoms with Crippen molar-refractivity contribution in [3.8, 4) is 0 Å².